The van der Waals surface area contributed by atoms with E-state index >= 15 is 0 Å². The van der Waals surface area contributed by atoms with Crippen LogP contribution in [0.25, 0.3) is 10.8 Å². The van der Waals surface area contributed by atoms with Crippen LogP contribution in [0.2, 0.25) is 0 Å². The number of nitrogens with one attached hydrogen (secondary N) is 2. The Balaban J connectivity index is 1.66. The summed E-state index contributed by atoms with van der Waals surface area (Å²) in [6.07, 6.45) is 2.63. The summed E-state index contributed by atoms with van der Waals surface area (Å²) in [7, 11) is 0. The smallest absolute Gasteiger partial charge is 0.0212 e. The summed E-state index contributed by atoms with van der Waals surface area (Å²) in [5.41, 5.74) is 1.39. The van der Waals surface area contributed by atoms with Crippen LogP contribution in [0.5, 0.6) is 0 Å². The van der Waals surface area contributed by atoms with Crippen molar-refractivity contribution in [1.82, 2.24) is 10.6 Å². The highest BCUT2D eigenvalue weighted by Gasteiger charge is 2.12. The van der Waals surface area contributed by atoms with E-state index in [1.165, 1.54) is 35.7 Å². The highest BCUT2D eigenvalue weighted by Crippen LogP contribution is 2.18. The summed E-state index contributed by atoms with van der Waals surface area (Å²) in [6.45, 7) is 3.21. The van der Waals surface area contributed by atoms with Gasteiger partial charge < -0.3 is 10.6 Å². The number of hydrogen-bond acceptors (Lipinski definition) is 2. The third kappa shape index (κ3) is 2.55. The van der Waals surface area contributed by atoms with E-state index in [9.17, 15) is 0 Å². The fourth-order valence-electron chi connectivity index (χ4n) is 2.76. The number of rotatable bonds is 4. The molecule has 0 radical (unpaired) electrons. The molecule has 1 saturated heterocycles. The molecule has 2 aromatic rings. The molecule has 2 N–H and O–H groups in total. The van der Waals surface area contributed by atoms with Crippen LogP contribution in [0.15, 0.2) is 42.5 Å². The molecule has 2 nitrogen and oxygen atoms in total. The molecule has 0 saturated carbocycles. The van der Waals surface area contributed by atoms with Crippen LogP contribution in [0, 0.1) is 0 Å². The second-order valence-electron chi connectivity index (χ2n) is 5.06. The molecule has 1 atom stereocenters. The van der Waals surface area contributed by atoms with Gasteiger partial charge in [-0.3, -0.25) is 0 Å². The lowest BCUT2D eigenvalue weighted by Gasteiger charge is -2.12. The molecule has 0 bridgehead atoms. The minimum Gasteiger partial charge on any atom is -0.313 e. The molecule has 94 valence electrons. The fourth-order valence-corrected chi connectivity index (χ4v) is 2.76. The normalized spacial score (nSPS) is 19.4. The van der Waals surface area contributed by atoms with E-state index < -0.39 is 0 Å². The van der Waals surface area contributed by atoms with Crippen molar-refractivity contribution in [3.63, 3.8) is 0 Å². The maximum Gasteiger partial charge on any atom is 0.0212 e. The van der Waals surface area contributed by atoms with E-state index in [2.05, 4.69) is 53.1 Å². The highest BCUT2D eigenvalue weighted by molar-refractivity contribution is 5.85. The maximum atomic E-state index is 3.57. The van der Waals surface area contributed by atoms with Gasteiger partial charge in [0, 0.05) is 19.1 Å². The van der Waals surface area contributed by atoms with Crippen molar-refractivity contribution in [1.29, 1.82) is 0 Å². The molecule has 1 unspecified atom stereocenters. The monoisotopic (exact) mass is 240 g/mol. The molecule has 2 aromatic carbocycles. The Morgan fingerprint density at radius 2 is 2.00 bits per heavy atom. The first-order valence-electron chi connectivity index (χ1n) is 6.84. The molecule has 1 aliphatic heterocycles. The summed E-state index contributed by atoms with van der Waals surface area (Å²) in [5, 5.41) is 9.79. The summed E-state index contributed by atoms with van der Waals surface area (Å²) in [6, 6.07) is 15.8. The average Bonchev–Trinajstić information content (AvgIpc) is 2.92. The number of benzene rings is 2. The Labute approximate surface area is 108 Å². The van der Waals surface area contributed by atoms with Gasteiger partial charge >= 0.3 is 0 Å². The van der Waals surface area contributed by atoms with Crippen LogP contribution in [0.3, 0.4) is 0 Å². The van der Waals surface area contributed by atoms with Gasteiger partial charge in [-0.25, -0.2) is 0 Å². The van der Waals surface area contributed by atoms with E-state index in [-0.39, 0.29) is 0 Å². The SMILES string of the molecule is c1ccc2c(CNCC3CCCN3)cccc2c1. The van der Waals surface area contributed by atoms with Crippen molar-refractivity contribution in [2.24, 2.45) is 0 Å². The van der Waals surface area contributed by atoms with Crippen LogP contribution >= 0.6 is 0 Å². The Bertz CT molecular complexity index is 510. The first-order valence-corrected chi connectivity index (χ1v) is 6.84. The molecule has 3 rings (SSSR count). The van der Waals surface area contributed by atoms with Crippen LogP contribution < -0.4 is 10.6 Å². The zero-order chi connectivity index (χ0) is 12.2. The molecular weight excluding hydrogens is 220 g/mol. The number of fused-ring (bicyclic) bond motifs is 1. The zero-order valence-electron chi connectivity index (χ0n) is 10.7. The standard InChI is InChI=1S/C16H20N2/c1-2-9-16-13(5-1)6-3-7-14(16)11-17-12-15-8-4-10-18-15/h1-3,5-7,9,15,17-18H,4,8,10-12H2. The van der Waals surface area contributed by atoms with Gasteiger partial charge in [0.15, 0.2) is 0 Å². The first kappa shape index (κ1) is 11.7. The van der Waals surface area contributed by atoms with Crippen molar-refractivity contribution in [3.8, 4) is 0 Å². The lowest BCUT2D eigenvalue weighted by molar-refractivity contribution is 0.536. The topological polar surface area (TPSA) is 24.1 Å². The Morgan fingerprint density at radius 1 is 1.11 bits per heavy atom. The van der Waals surface area contributed by atoms with Crippen LogP contribution in [0.4, 0.5) is 0 Å². The summed E-state index contributed by atoms with van der Waals surface area (Å²) in [5.74, 6) is 0. The van der Waals surface area contributed by atoms with Crippen molar-refractivity contribution in [3.05, 3.63) is 48.0 Å². The van der Waals surface area contributed by atoms with Crippen molar-refractivity contribution in [2.75, 3.05) is 13.1 Å². The Morgan fingerprint density at radius 3 is 2.89 bits per heavy atom. The van der Waals surface area contributed by atoms with Gasteiger partial charge in [0.1, 0.15) is 0 Å². The lowest BCUT2D eigenvalue weighted by Crippen LogP contribution is -2.33. The predicted octanol–water partition coefficient (Wildman–Crippen LogP) is 2.68. The molecule has 0 spiro atoms. The van der Waals surface area contributed by atoms with Crippen LogP contribution in [-0.2, 0) is 6.54 Å². The Kier molecular flexibility index (Phi) is 3.58. The average molecular weight is 240 g/mol. The third-order valence-corrected chi connectivity index (χ3v) is 3.75. The molecular formula is C16H20N2. The molecule has 0 amide bonds. The van der Waals surface area contributed by atoms with Gasteiger partial charge in [-0.15, -0.1) is 0 Å². The van der Waals surface area contributed by atoms with Crippen LogP contribution in [0.1, 0.15) is 18.4 Å². The van der Waals surface area contributed by atoms with Gasteiger partial charge in [-0.05, 0) is 35.7 Å². The predicted molar refractivity (Wildman–Crippen MR) is 76.7 cm³/mol. The van der Waals surface area contributed by atoms with E-state index in [4.69, 9.17) is 0 Å². The molecule has 2 heteroatoms. The summed E-state index contributed by atoms with van der Waals surface area (Å²) in [4.78, 5) is 0. The fraction of sp³-hybridized carbons (Fsp3) is 0.375. The maximum absolute atomic E-state index is 3.57. The quantitative estimate of drug-likeness (QED) is 0.858. The largest absolute Gasteiger partial charge is 0.313 e. The lowest BCUT2D eigenvalue weighted by atomic mass is 10.0. The molecule has 1 aliphatic rings. The first-order chi connectivity index (χ1) is 8.93. The second kappa shape index (κ2) is 5.51. The molecule has 1 heterocycles. The molecule has 18 heavy (non-hydrogen) atoms. The molecule has 0 aromatic heterocycles. The number of hydrogen-bond donors (Lipinski definition) is 2. The van der Waals surface area contributed by atoms with E-state index in [0.717, 1.165) is 13.1 Å². The van der Waals surface area contributed by atoms with Gasteiger partial charge in [0.25, 0.3) is 0 Å². The molecule has 0 aliphatic carbocycles. The zero-order valence-corrected chi connectivity index (χ0v) is 10.7. The minimum atomic E-state index is 0.667. The van der Waals surface area contributed by atoms with Gasteiger partial charge in [-0.2, -0.15) is 0 Å². The Hall–Kier alpha value is -1.38. The van der Waals surface area contributed by atoms with Gasteiger partial charge in [-0.1, -0.05) is 42.5 Å². The second-order valence-corrected chi connectivity index (χ2v) is 5.06. The van der Waals surface area contributed by atoms with E-state index in [1.807, 2.05) is 0 Å². The highest BCUT2D eigenvalue weighted by atomic mass is 15.0. The van der Waals surface area contributed by atoms with E-state index in [1.54, 1.807) is 0 Å². The molecule has 1 fully saturated rings. The van der Waals surface area contributed by atoms with Crippen LogP contribution in [-0.4, -0.2) is 19.1 Å². The summed E-state index contributed by atoms with van der Waals surface area (Å²) < 4.78 is 0. The summed E-state index contributed by atoms with van der Waals surface area (Å²) >= 11 is 0. The third-order valence-electron chi connectivity index (χ3n) is 3.75. The van der Waals surface area contributed by atoms with E-state index in [0.29, 0.717) is 6.04 Å². The van der Waals surface area contributed by atoms with Gasteiger partial charge in [0.05, 0.1) is 0 Å². The minimum absolute atomic E-state index is 0.667. The van der Waals surface area contributed by atoms with Crippen molar-refractivity contribution in [2.45, 2.75) is 25.4 Å². The van der Waals surface area contributed by atoms with Gasteiger partial charge in [0.2, 0.25) is 0 Å². The van der Waals surface area contributed by atoms with Crippen molar-refractivity contribution >= 4 is 10.8 Å². The van der Waals surface area contributed by atoms with Crippen molar-refractivity contribution < 1.29 is 0 Å².